The number of nitrogens with zero attached hydrogens (tertiary/aromatic N) is 1. The van der Waals surface area contributed by atoms with E-state index in [0.29, 0.717) is 6.42 Å². The van der Waals surface area contributed by atoms with Crippen molar-refractivity contribution in [3.8, 4) is 0 Å². The minimum Gasteiger partial charge on any atom is -0.327 e. The second-order valence-corrected chi connectivity index (χ2v) is 5.33. The van der Waals surface area contributed by atoms with Crippen LogP contribution in [0, 0.1) is 5.92 Å². The lowest BCUT2D eigenvalue weighted by Crippen LogP contribution is -2.34. The maximum Gasteiger partial charge on any atom is 0.228 e. The molecule has 1 heterocycles. The Morgan fingerprint density at radius 1 is 1.30 bits per heavy atom. The molecular formula is C15H21N3O2. The molecule has 0 aromatic heterocycles. The lowest BCUT2D eigenvalue weighted by atomic mass is 10.0. The predicted molar refractivity (Wildman–Crippen MR) is 79.5 cm³/mol. The van der Waals surface area contributed by atoms with Crippen molar-refractivity contribution in [2.45, 2.75) is 32.7 Å². The summed E-state index contributed by atoms with van der Waals surface area (Å²) in [5.41, 5.74) is 7.31. The molecule has 2 rings (SSSR count). The number of hydrogen-bond acceptors (Lipinski definition) is 3. The van der Waals surface area contributed by atoms with Gasteiger partial charge in [-0.3, -0.25) is 9.59 Å². The summed E-state index contributed by atoms with van der Waals surface area (Å²) < 4.78 is 0. The summed E-state index contributed by atoms with van der Waals surface area (Å²) in [5.74, 6) is -0.174. The fraction of sp³-hybridized carbons (Fsp3) is 0.467. The number of carbonyl (C=O) groups is 2. The molecule has 1 fully saturated rings. The first-order valence-electron chi connectivity index (χ1n) is 6.96. The van der Waals surface area contributed by atoms with Crippen molar-refractivity contribution in [2.24, 2.45) is 11.7 Å². The highest BCUT2D eigenvalue weighted by Crippen LogP contribution is 2.23. The Balaban J connectivity index is 2.01. The van der Waals surface area contributed by atoms with E-state index in [0.717, 1.165) is 24.3 Å². The van der Waals surface area contributed by atoms with Crippen LogP contribution in [0.25, 0.3) is 0 Å². The smallest absolute Gasteiger partial charge is 0.228 e. The lowest BCUT2D eigenvalue weighted by molar-refractivity contribution is -0.120. The summed E-state index contributed by atoms with van der Waals surface area (Å²) in [6.07, 6.45) is 1.52. The SMILES string of the molecule is CC(N)C(C)C(=O)Nc1ccc(N2CCCC2=O)cc1. The molecule has 0 bridgehead atoms. The molecule has 2 atom stereocenters. The van der Waals surface area contributed by atoms with Crippen LogP contribution in [0.2, 0.25) is 0 Å². The van der Waals surface area contributed by atoms with Crippen molar-refractivity contribution in [3.63, 3.8) is 0 Å². The van der Waals surface area contributed by atoms with Crippen LogP contribution in [-0.2, 0) is 9.59 Å². The van der Waals surface area contributed by atoms with E-state index in [2.05, 4.69) is 5.32 Å². The zero-order valence-electron chi connectivity index (χ0n) is 11.9. The van der Waals surface area contributed by atoms with Crippen molar-refractivity contribution >= 4 is 23.2 Å². The lowest BCUT2D eigenvalue weighted by Gasteiger charge is -2.17. The first-order chi connectivity index (χ1) is 9.49. The third-order valence-electron chi connectivity index (χ3n) is 3.72. The Kier molecular flexibility index (Phi) is 4.39. The predicted octanol–water partition coefficient (Wildman–Crippen LogP) is 1.74. The molecule has 0 saturated carbocycles. The summed E-state index contributed by atoms with van der Waals surface area (Å²) in [6, 6.07) is 7.15. The first-order valence-corrected chi connectivity index (χ1v) is 6.96. The molecule has 0 aliphatic carbocycles. The van der Waals surface area contributed by atoms with Gasteiger partial charge in [0.25, 0.3) is 0 Å². The normalized spacial score (nSPS) is 17.9. The quantitative estimate of drug-likeness (QED) is 0.878. The van der Waals surface area contributed by atoms with Crippen molar-refractivity contribution in [2.75, 3.05) is 16.8 Å². The number of anilines is 2. The van der Waals surface area contributed by atoms with Crippen LogP contribution in [0.1, 0.15) is 26.7 Å². The minimum atomic E-state index is -0.241. The molecule has 3 N–H and O–H groups in total. The van der Waals surface area contributed by atoms with Crippen LogP contribution in [0.5, 0.6) is 0 Å². The second kappa shape index (κ2) is 6.05. The average molecular weight is 275 g/mol. The van der Waals surface area contributed by atoms with Gasteiger partial charge in [-0.25, -0.2) is 0 Å². The standard InChI is InChI=1S/C15H21N3O2/c1-10(11(2)16)15(20)17-12-5-7-13(8-6-12)18-9-3-4-14(18)19/h5-8,10-11H,3-4,9,16H2,1-2H3,(H,17,20). The number of amides is 2. The van der Waals surface area contributed by atoms with Crippen LogP contribution in [0.4, 0.5) is 11.4 Å². The monoisotopic (exact) mass is 275 g/mol. The van der Waals surface area contributed by atoms with Crippen LogP contribution in [0.3, 0.4) is 0 Å². The Morgan fingerprint density at radius 3 is 2.45 bits per heavy atom. The molecular weight excluding hydrogens is 254 g/mol. The summed E-state index contributed by atoms with van der Waals surface area (Å²) in [7, 11) is 0. The molecule has 20 heavy (non-hydrogen) atoms. The van der Waals surface area contributed by atoms with E-state index in [4.69, 9.17) is 5.73 Å². The molecule has 5 nitrogen and oxygen atoms in total. The maximum atomic E-state index is 11.9. The van der Waals surface area contributed by atoms with Gasteiger partial charge in [0.1, 0.15) is 0 Å². The number of nitrogens with one attached hydrogen (secondary N) is 1. The van der Waals surface area contributed by atoms with Gasteiger partial charge in [-0.1, -0.05) is 6.92 Å². The topological polar surface area (TPSA) is 75.4 Å². The zero-order valence-corrected chi connectivity index (χ0v) is 11.9. The van der Waals surface area contributed by atoms with E-state index >= 15 is 0 Å². The number of nitrogens with two attached hydrogens (primary N) is 1. The van der Waals surface area contributed by atoms with Crippen LogP contribution >= 0.6 is 0 Å². The highest BCUT2D eigenvalue weighted by Gasteiger charge is 2.21. The molecule has 1 aliphatic heterocycles. The van der Waals surface area contributed by atoms with Gasteiger partial charge < -0.3 is 16.0 Å². The highest BCUT2D eigenvalue weighted by molar-refractivity contribution is 5.96. The molecule has 2 amide bonds. The zero-order chi connectivity index (χ0) is 14.7. The molecule has 1 aromatic carbocycles. The molecule has 0 radical (unpaired) electrons. The third-order valence-corrected chi connectivity index (χ3v) is 3.72. The van der Waals surface area contributed by atoms with Gasteiger partial charge in [0.2, 0.25) is 11.8 Å². The Hall–Kier alpha value is -1.88. The minimum absolute atomic E-state index is 0.0926. The molecule has 1 aliphatic rings. The largest absolute Gasteiger partial charge is 0.327 e. The maximum absolute atomic E-state index is 11.9. The molecule has 1 saturated heterocycles. The summed E-state index contributed by atoms with van der Waals surface area (Å²) in [4.78, 5) is 25.3. The molecule has 2 unspecified atom stereocenters. The summed E-state index contributed by atoms with van der Waals surface area (Å²) >= 11 is 0. The summed E-state index contributed by atoms with van der Waals surface area (Å²) in [6.45, 7) is 4.38. The van der Waals surface area contributed by atoms with Gasteiger partial charge in [0.15, 0.2) is 0 Å². The third kappa shape index (κ3) is 3.17. The van der Waals surface area contributed by atoms with Gasteiger partial charge in [-0.15, -0.1) is 0 Å². The second-order valence-electron chi connectivity index (χ2n) is 5.33. The van der Waals surface area contributed by atoms with E-state index < -0.39 is 0 Å². The van der Waals surface area contributed by atoms with E-state index in [1.807, 2.05) is 31.2 Å². The Labute approximate surface area is 119 Å². The van der Waals surface area contributed by atoms with Gasteiger partial charge in [0, 0.05) is 30.4 Å². The van der Waals surface area contributed by atoms with Crippen molar-refractivity contribution in [3.05, 3.63) is 24.3 Å². The van der Waals surface area contributed by atoms with Gasteiger partial charge in [-0.05, 0) is 37.6 Å². The van der Waals surface area contributed by atoms with Crippen LogP contribution < -0.4 is 16.0 Å². The number of carbonyl (C=O) groups excluding carboxylic acids is 2. The fourth-order valence-corrected chi connectivity index (χ4v) is 2.14. The van der Waals surface area contributed by atoms with Gasteiger partial charge in [-0.2, -0.15) is 0 Å². The van der Waals surface area contributed by atoms with Crippen molar-refractivity contribution in [1.29, 1.82) is 0 Å². The first kappa shape index (κ1) is 14.5. The average Bonchev–Trinajstić information content (AvgIpc) is 2.85. The van der Waals surface area contributed by atoms with Crippen molar-refractivity contribution < 1.29 is 9.59 Å². The van der Waals surface area contributed by atoms with E-state index in [1.165, 1.54) is 0 Å². The highest BCUT2D eigenvalue weighted by atomic mass is 16.2. The number of benzene rings is 1. The molecule has 5 heteroatoms. The van der Waals surface area contributed by atoms with Crippen LogP contribution in [-0.4, -0.2) is 24.4 Å². The molecule has 1 aromatic rings. The van der Waals surface area contributed by atoms with E-state index in [-0.39, 0.29) is 23.8 Å². The van der Waals surface area contributed by atoms with Crippen LogP contribution in [0.15, 0.2) is 24.3 Å². The summed E-state index contributed by atoms with van der Waals surface area (Å²) in [5, 5.41) is 2.83. The van der Waals surface area contributed by atoms with Crippen molar-refractivity contribution in [1.82, 2.24) is 0 Å². The van der Waals surface area contributed by atoms with E-state index in [1.54, 1.807) is 11.8 Å². The van der Waals surface area contributed by atoms with Gasteiger partial charge >= 0.3 is 0 Å². The van der Waals surface area contributed by atoms with E-state index in [9.17, 15) is 9.59 Å². The van der Waals surface area contributed by atoms with Gasteiger partial charge in [0.05, 0.1) is 5.92 Å². The fourth-order valence-electron chi connectivity index (χ4n) is 2.14. The molecule has 0 spiro atoms. The number of hydrogen-bond donors (Lipinski definition) is 2. The molecule has 108 valence electrons. The number of rotatable bonds is 4. The Morgan fingerprint density at radius 2 is 1.95 bits per heavy atom. The Bertz CT molecular complexity index is 496.